The molecule has 1 heterocycles. The zero-order valence-corrected chi connectivity index (χ0v) is 7.71. The Labute approximate surface area is 78.0 Å². The van der Waals surface area contributed by atoms with Gasteiger partial charge in [0.2, 0.25) is 5.91 Å². The second-order valence-corrected chi connectivity index (χ2v) is 3.74. The molecule has 0 radical (unpaired) electrons. The first-order chi connectivity index (χ1) is 6.34. The van der Waals surface area contributed by atoms with Gasteiger partial charge >= 0.3 is 0 Å². The van der Waals surface area contributed by atoms with Gasteiger partial charge in [0.05, 0.1) is 19.1 Å². The maximum absolute atomic E-state index is 11.3. The lowest BCUT2D eigenvalue weighted by molar-refractivity contribution is -0.124. The standard InChI is InChI=1S/C9H16N2O2/c12-9(11-7-1-2-7)5-8-6-10-3-4-13-8/h7-8,10H,1-6H2,(H,11,12)/t8-/m0/s1. The van der Waals surface area contributed by atoms with Gasteiger partial charge in [0.1, 0.15) is 0 Å². The highest BCUT2D eigenvalue weighted by atomic mass is 16.5. The maximum atomic E-state index is 11.3. The van der Waals surface area contributed by atoms with Gasteiger partial charge in [0.15, 0.2) is 0 Å². The number of nitrogens with one attached hydrogen (secondary N) is 2. The normalized spacial score (nSPS) is 28.5. The van der Waals surface area contributed by atoms with E-state index in [0.29, 0.717) is 12.5 Å². The van der Waals surface area contributed by atoms with Gasteiger partial charge in [-0.25, -0.2) is 0 Å². The van der Waals surface area contributed by atoms with Crippen LogP contribution in [0.3, 0.4) is 0 Å². The molecule has 0 aromatic rings. The number of amides is 1. The van der Waals surface area contributed by atoms with Crippen LogP contribution < -0.4 is 10.6 Å². The monoisotopic (exact) mass is 184 g/mol. The van der Waals surface area contributed by atoms with E-state index in [4.69, 9.17) is 4.74 Å². The van der Waals surface area contributed by atoms with E-state index in [-0.39, 0.29) is 12.0 Å². The van der Waals surface area contributed by atoms with Crippen LogP contribution in [0.15, 0.2) is 0 Å². The molecule has 4 nitrogen and oxygen atoms in total. The van der Waals surface area contributed by atoms with E-state index in [1.54, 1.807) is 0 Å². The fourth-order valence-electron chi connectivity index (χ4n) is 1.47. The van der Waals surface area contributed by atoms with Crippen LogP contribution in [0.25, 0.3) is 0 Å². The molecule has 0 unspecified atom stereocenters. The summed E-state index contributed by atoms with van der Waals surface area (Å²) < 4.78 is 5.43. The van der Waals surface area contributed by atoms with Crippen LogP contribution in [0, 0.1) is 0 Å². The first kappa shape index (κ1) is 8.97. The molecule has 13 heavy (non-hydrogen) atoms. The van der Waals surface area contributed by atoms with E-state index >= 15 is 0 Å². The average Bonchev–Trinajstić information content (AvgIpc) is 2.90. The van der Waals surface area contributed by atoms with E-state index in [2.05, 4.69) is 10.6 Å². The van der Waals surface area contributed by atoms with Crippen LogP contribution in [0.1, 0.15) is 19.3 Å². The van der Waals surface area contributed by atoms with Crippen LogP contribution in [0.5, 0.6) is 0 Å². The predicted octanol–water partition coefficient (Wildman–Crippen LogP) is -0.356. The van der Waals surface area contributed by atoms with E-state index in [1.165, 1.54) is 0 Å². The molecule has 0 spiro atoms. The fraction of sp³-hybridized carbons (Fsp3) is 0.889. The minimum atomic E-state index is 0.0764. The van der Waals surface area contributed by atoms with E-state index in [1.807, 2.05) is 0 Å². The van der Waals surface area contributed by atoms with Gasteiger partial charge in [-0.15, -0.1) is 0 Å². The average molecular weight is 184 g/mol. The Morgan fingerprint density at radius 2 is 2.38 bits per heavy atom. The number of rotatable bonds is 3. The first-order valence-electron chi connectivity index (χ1n) is 4.96. The molecule has 74 valence electrons. The topological polar surface area (TPSA) is 50.4 Å². The van der Waals surface area contributed by atoms with Gasteiger partial charge in [-0.2, -0.15) is 0 Å². The summed E-state index contributed by atoms with van der Waals surface area (Å²) in [7, 11) is 0. The molecule has 2 aliphatic rings. The molecule has 2 rings (SSSR count). The SMILES string of the molecule is O=C(C[C@H]1CNCCO1)NC1CC1. The van der Waals surface area contributed by atoms with Gasteiger partial charge in [0.25, 0.3) is 0 Å². The van der Waals surface area contributed by atoms with Crippen LogP contribution in [-0.2, 0) is 9.53 Å². The maximum Gasteiger partial charge on any atom is 0.222 e. The number of hydrogen-bond acceptors (Lipinski definition) is 3. The fourth-order valence-corrected chi connectivity index (χ4v) is 1.47. The lowest BCUT2D eigenvalue weighted by atomic mass is 10.2. The minimum Gasteiger partial charge on any atom is -0.375 e. The molecule has 1 aliphatic heterocycles. The summed E-state index contributed by atoms with van der Waals surface area (Å²) in [5.41, 5.74) is 0. The highest BCUT2D eigenvalue weighted by Gasteiger charge is 2.25. The molecule has 0 aromatic heterocycles. The molecule has 2 fully saturated rings. The van der Waals surface area contributed by atoms with Gasteiger partial charge in [-0.1, -0.05) is 0 Å². The van der Waals surface area contributed by atoms with Gasteiger partial charge in [-0.3, -0.25) is 4.79 Å². The largest absolute Gasteiger partial charge is 0.375 e. The van der Waals surface area contributed by atoms with Gasteiger partial charge in [0, 0.05) is 19.1 Å². The quantitative estimate of drug-likeness (QED) is 0.630. The van der Waals surface area contributed by atoms with Gasteiger partial charge in [-0.05, 0) is 12.8 Å². The first-order valence-corrected chi connectivity index (χ1v) is 4.96. The number of ether oxygens (including phenoxy) is 1. The smallest absolute Gasteiger partial charge is 0.222 e. The summed E-state index contributed by atoms with van der Waals surface area (Å²) in [5.74, 6) is 0.135. The molecule has 1 atom stereocenters. The van der Waals surface area contributed by atoms with Crippen LogP contribution in [-0.4, -0.2) is 37.7 Å². The van der Waals surface area contributed by atoms with Crippen LogP contribution >= 0.6 is 0 Å². The molecule has 0 bridgehead atoms. The van der Waals surface area contributed by atoms with Crippen molar-refractivity contribution in [3.8, 4) is 0 Å². The Bertz CT molecular complexity index is 186. The van der Waals surface area contributed by atoms with Gasteiger partial charge < -0.3 is 15.4 Å². The number of carbonyl (C=O) groups excluding carboxylic acids is 1. The van der Waals surface area contributed by atoms with Crippen LogP contribution in [0.2, 0.25) is 0 Å². The Balaban J connectivity index is 1.66. The Morgan fingerprint density at radius 1 is 1.54 bits per heavy atom. The summed E-state index contributed by atoms with van der Waals surface area (Å²) >= 11 is 0. The van der Waals surface area contributed by atoms with E-state index in [9.17, 15) is 4.79 Å². The van der Waals surface area contributed by atoms with E-state index in [0.717, 1.165) is 32.5 Å². The second kappa shape index (κ2) is 4.07. The van der Waals surface area contributed by atoms with E-state index < -0.39 is 0 Å². The van der Waals surface area contributed by atoms with Crippen molar-refractivity contribution in [2.24, 2.45) is 0 Å². The highest BCUT2D eigenvalue weighted by molar-refractivity contribution is 5.77. The molecular formula is C9H16N2O2. The number of morpholine rings is 1. The molecule has 4 heteroatoms. The highest BCUT2D eigenvalue weighted by Crippen LogP contribution is 2.18. The molecule has 0 aromatic carbocycles. The summed E-state index contributed by atoms with van der Waals surface area (Å²) in [5, 5.41) is 6.16. The number of carbonyl (C=O) groups is 1. The molecule has 2 N–H and O–H groups in total. The van der Waals surface area contributed by atoms with Crippen molar-refractivity contribution in [2.75, 3.05) is 19.7 Å². The lowest BCUT2D eigenvalue weighted by Gasteiger charge is -2.22. The minimum absolute atomic E-state index is 0.0764. The number of hydrogen-bond donors (Lipinski definition) is 2. The van der Waals surface area contributed by atoms with Crippen molar-refractivity contribution in [3.05, 3.63) is 0 Å². The zero-order valence-electron chi connectivity index (χ0n) is 7.71. The zero-order chi connectivity index (χ0) is 9.10. The molecule has 1 amide bonds. The third-order valence-corrected chi connectivity index (χ3v) is 2.36. The summed E-state index contributed by atoms with van der Waals surface area (Å²) in [6.07, 6.45) is 2.88. The van der Waals surface area contributed by atoms with Crippen molar-refractivity contribution in [2.45, 2.75) is 31.4 Å². The Kier molecular flexibility index (Phi) is 2.80. The molecular weight excluding hydrogens is 168 g/mol. The Hall–Kier alpha value is -0.610. The third-order valence-electron chi connectivity index (χ3n) is 2.36. The summed E-state index contributed by atoms with van der Waals surface area (Å²) in [6, 6.07) is 0.462. The third kappa shape index (κ3) is 2.97. The second-order valence-electron chi connectivity index (χ2n) is 3.74. The molecule has 1 saturated heterocycles. The van der Waals surface area contributed by atoms with Crippen molar-refractivity contribution >= 4 is 5.91 Å². The van der Waals surface area contributed by atoms with Crippen LogP contribution in [0.4, 0.5) is 0 Å². The van der Waals surface area contributed by atoms with Crippen molar-refractivity contribution in [3.63, 3.8) is 0 Å². The van der Waals surface area contributed by atoms with Crippen molar-refractivity contribution in [1.29, 1.82) is 0 Å². The molecule has 1 saturated carbocycles. The van der Waals surface area contributed by atoms with Crippen molar-refractivity contribution < 1.29 is 9.53 Å². The summed E-state index contributed by atoms with van der Waals surface area (Å²) in [4.78, 5) is 11.3. The molecule has 1 aliphatic carbocycles. The lowest BCUT2D eigenvalue weighted by Crippen LogP contribution is -2.41. The predicted molar refractivity (Wildman–Crippen MR) is 48.4 cm³/mol. The van der Waals surface area contributed by atoms with Crippen molar-refractivity contribution in [1.82, 2.24) is 10.6 Å². The Morgan fingerprint density at radius 3 is 3.00 bits per heavy atom. The summed E-state index contributed by atoms with van der Waals surface area (Å²) in [6.45, 7) is 2.43.